The number of nitrogen functional groups attached to an aromatic ring is 1. The first-order valence-corrected chi connectivity index (χ1v) is 23.5. The number of amides is 4. The highest BCUT2D eigenvalue weighted by atomic mass is 32.2. The SMILES string of the molecule is C.C.COc1ccc(-c2cccc(Oc3ccc(N)cc3S(=O)(=O)NC(=O)NC(C)(C)C)c2)cc1.COc1ccc(-c2cccc(Oc3ccc([N+](=O)[O-])cc3S(=O)(=O)NC(=O)NC(C)(C)C)c2)cc1. The molecule has 374 valence electrons. The van der Waals surface area contributed by atoms with Crippen LogP contribution in [0.4, 0.5) is 21.0 Å². The first-order chi connectivity index (χ1) is 31.8. The fourth-order valence-corrected chi connectivity index (χ4v) is 8.24. The van der Waals surface area contributed by atoms with Gasteiger partial charge in [0.2, 0.25) is 0 Å². The van der Waals surface area contributed by atoms with Gasteiger partial charge in [0.05, 0.1) is 19.1 Å². The lowest BCUT2D eigenvalue weighted by molar-refractivity contribution is -0.385. The number of nitrogens with zero attached hydrogens (tertiary/aromatic N) is 1. The van der Waals surface area contributed by atoms with Gasteiger partial charge in [0, 0.05) is 28.9 Å². The van der Waals surface area contributed by atoms with Crippen molar-refractivity contribution in [1.29, 1.82) is 0 Å². The number of hydrogen-bond acceptors (Lipinski definition) is 13. The summed E-state index contributed by atoms with van der Waals surface area (Å²) in [4.78, 5) is 34.1. The molecule has 0 radical (unpaired) electrons. The Morgan fingerprint density at radius 3 is 1.29 bits per heavy atom. The highest BCUT2D eigenvalue weighted by Gasteiger charge is 2.28. The molecule has 0 fully saturated rings. The Kier molecular flexibility index (Phi) is 18.9. The van der Waals surface area contributed by atoms with Crippen LogP contribution in [0.2, 0.25) is 0 Å². The molecule has 0 spiro atoms. The van der Waals surface area contributed by atoms with Crippen molar-refractivity contribution in [2.45, 2.75) is 77.3 Å². The van der Waals surface area contributed by atoms with Gasteiger partial charge in [-0.25, -0.2) is 35.9 Å². The third kappa shape index (κ3) is 16.2. The highest BCUT2D eigenvalue weighted by Crippen LogP contribution is 2.35. The van der Waals surface area contributed by atoms with Crippen LogP contribution in [0, 0.1) is 10.1 Å². The first-order valence-electron chi connectivity index (χ1n) is 20.6. The van der Waals surface area contributed by atoms with E-state index in [0.717, 1.165) is 40.1 Å². The maximum atomic E-state index is 13.0. The van der Waals surface area contributed by atoms with Crippen LogP contribution in [-0.4, -0.2) is 59.1 Å². The van der Waals surface area contributed by atoms with E-state index < -0.39 is 58.7 Å². The molecule has 0 bridgehead atoms. The second kappa shape index (κ2) is 23.4. The number of nitrogens with one attached hydrogen (secondary N) is 4. The molecule has 4 amide bonds. The molecule has 0 unspecified atom stereocenters. The van der Waals surface area contributed by atoms with Crippen molar-refractivity contribution in [1.82, 2.24) is 20.1 Å². The van der Waals surface area contributed by atoms with Crippen LogP contribution in [0.1, 0.15) is 56.4 Å². The molecular formula is C50H60N6O12S2. The molecule has 0 aliphatic carbocycles. The number of ether oxygens (including phenoxy) is 4. The van der Waals surface area contributed by atoms with Crippen molar-refractivity contribution in [2.75, 3.05) is 20.0 Å². The molecule has 0 heterocycles. The second-order valence-corrected chi connectivity index (χ2v) is 20.2. The van der Waals surface area contributed by atoms with Crippen molar-refractivity contribution in [3.8, 4) is 56.8 Å². The highest BCUT2D eigenvalue weighted by molar-refractivity contribution is 7.90. The molecule has 0 aliphatic rings. The van der Waals surface area contributed by atoms with Gasteiger partial charge in [-0.15, -0.1) is 0 Å². The Bertz CT molecular complexity index is 3010. The number of nitrogens with two attached hydrogens (primary N) is 1. The standard InChI is InChI=1S/C24H25N3O7S.C24H27N3O5S.2CH4/c1-24(2,3)25-23(28)26-35(31,32)22-15-18(27(29)30)10-13-21(22)34-20-7-5-6-17(14-20)16-8-11-19(33-4)12-9-16;1-24(2,3)26-23(28)27-33(29,30)22-15-18(25)10-13-21(22)32-20-7-5-6-17(14-20)16-8-11-19(31-4)12-9-16;;/h5-15H,1-4H3,(H2,25,26,28);5-15H,25H2,1-4H3,(H2,26,27,28);2*1H4. The topological polar surface area (TPSA) is 257 Å². The van der Waals surface area contributed by atoms with Crippen LogP contribution in [-0.2, 0) is 20.0 Å². The smallest absolute Gasteiger partial charge is 0.329 e. The van der Waals surface area contributed by atoms with Gasteiger partial charge in [-0.2, -0.15) is 0 Å². The zero-order valence-corrected chi connectivity index (χ0v) is 40.1. The monoisotopic (exact) mass is 1000 g/mol. The van der Waals surface area contributed by atoms with E-state index in [9.17, 15) is 36.5 Å². The number of nitro groups is 1. The molecule has 0 aromatic heterocycles. The zero-order chi connectivity index (χ0) is 50.0. The number of anilines is 1. The maximum Gasteiger partial charge on any atom is 0.329 e. The summed E-state index contributed by atoms with van der Waals surface area (Å²) in [6.07, 6.45) is 0. The summed E-state index contributed by atoms with van der Waals surface area (Å²) in [6, 6.07) is 34.5. The predicted octanol–water partition coefficient (Wildman–Crippen LogP) is 10.6. The van der Waals surface area contributed by atoms with E-state index in [-0.39, 0.29) is 36.9 Å². The average Bonchev–Trinajstić information content (AvgIpc) is 3.25. The van der Waals surface area contributed by atoms with Crippen LogP contribution in [0.25, 0.3) is 22.3 Å². The van der Waals surface area contributed by atoms with Crippen molar-refractivity contribution < 1.29 is 50.3 Å². The number of sulfonamides is 2. The second-order valence-electron chi connectivity index (χ2n) is 16.9. The molecule has 18 nitrogen and oxygen atoms in total. The Morgan fingerprint density at radius 1 is 0.529 bits per heavy atom. The summed E-state index contributed by atoms with van der Waals surface area (Å²) in [7, 11) is -5.60. The Hall–Kier alpha value is -7.84. The van der Waals surface area contributed by atoms with Crippen LogP contribution < -0.4 is 44.8 Å². The van der Waals surface area contributed by atoms with Crippen LogP contribution in [0.5, 0.6) is 34.5 Å². The van der Waals surface area contributed by atoms with Gasteiger partial charge in [-0.3, -0.25) is 10.1 Å². The normalized spacial score (nSPS) is 11.1. The van der Waals surface area contributed by atoms with Gasteiger partial charge >= 0.3 is 12.1 Å². The Morgan fingerprint density at radius 2 is 0.914 bits per heavy atom. The van der Waals surface area contributed by atoms with Gasteiger partial charge in [-0.1, -0.05) is 63.4 Å². The van der Waals surface area contributed by atoms with E-state index in [2.05, 4.69) is 10.6 Å². The molecule has 0 saturated heterocycles. The van der Waals surface area contributed by atoms with Gasteiger partial charge < -0.3 is 35.3 Å². The predicted molar refractivity (Wildman–Crippen MR) is 272 cm³/mol. The van der Waals surface area contributed by atoms with Crippen molar-refractivity contribution >= 4 is 43.5 Å². The lowest BCUT2D eigenvalue weighted by atomic mass is 10.1. The minimum Gasteiger partial charge on any atom is -0.497 e. The van der Waals surface area contributed by atoms with Crippen LogP contribution in [0.15, 0.2) is 143 Å². The van der Waals surface area contributed by atoms with Crippen molar-refractivity contribution in [2.24, 2.45) is 0 Å². The van der Waals surface area contributed by atoms with E-state index in [1.807, 2.05) is 58.0 Å². The van der Waals surface area contributed by atoms with Crippen molar-refractivity contribution in [3.63, 3.8) is 0 Å². The number of hydrogen-bond donors (Lipinski definition) is 5. The summed E-state index contributed by atoms with van der Waals surface area (Å²) in [5.41, 5.74) is 7.71. The fourth-order valence-electron chi connectivity index (χ4n) is 6.11. The number of nitro benzene ring substituents is 1. The molecule has 20 heteroatoms. The fraction of sp³-hybridized carbons (Fsp3) is 0.240. The van der Waals surface area contributed by atoms with E-state index in [4.69, 9.17) is 24.7 Å². The summed E-state index contributed by atoms with van der Waals surface area (Å²) >= 11 is 0. The summed E-state index contributed by atoms with van der Waals surface area (Å²) in [6.45, 7) is 10.3. The molecule has 0 atom stereocenters. The molecule has 0 saturated carbocycles. The van der Waals surface area contributed by atoms with Crippen molar-refractivity contribution in [3.05, 3.63) is 144 Å². The third-order valence-corrected chi connectivity index (χ3v) is 11.8. The number of non-ortho nitro benzene ring substituents is 1. The first kappa shape index (κ1) is 56.5. The molecule has 6 aromatic rings. The quantitative estimate of drug-likeness (QED) is 0.0410. The maximum absolute atomic E-state index is 13.0. The molecule has 70 heavy (non-hydrogen) atoms. The number of urea groups is 2. The molecule has 6 aromatic carbocycles. The Labute approximate surface area is 409 Å². The van der Waals surface area contributed by atoms with Gasteiger partial charge in [0.15, 0.2) is 0 Å². The van der Waals surface area contributed by atoms with E-state index in [0.29, 0.717) is 17.2 Å². The van der Waals surface area contributed by atoms with E-state index >= 15 is 0 Å². The molecule has 6 N–H and O–H groups in total. The summed E-state index contributed by atoms with van der Waals surface area (Å²) < 4.78 is 77.8. The molecule has 6 rings (SSSR count). The molecule has 0 aliphatic heterocycles. The number of benzene rings is 6. The third-order valence-electron chi connectivity index (χ3n) is 9.09. The Balaban J connectivity index is 0.000000361. The van der Waals surface area contributed by atoms with Gasteiger partial charge in [-0.05, 0) is 137 Å². The minimum absolute atomic E-state index is 0. The minimum atomic E-state index is -4.51. The van der Waals surface area contributed by atoms with E-state index in [1.54, 1.807) is 104 Å². The lowest BCUT2D eigenvalue weighted by Gasteiger charge is -2.21. The largest absolute Gasteiger partial charge is 0.497 e. The van der Waals surface area contributed by atoms with Crippen LogP contribution >= 0.6 is 0 Å². The number of carbonyl (C=O) groups is 2. The molecular weight excluding hydrogens is 941 g/mol. The number of carbonyl (C=O) groups excluding carboxylic acids is 2. The van der Waals surface area contributed by atoms with Gasteiger partial charge in [0.25, 0.3) is 25.7 Å². The van der Waals surface area contributed by atoms with Gasteiger partial charge in [0.1, 0.15) is 44.3 Å². The van der Waals surface area contributed by atoms with Crippen LogP contribution in [0.3, 0.4) is 0 Å². The zero-order valence-electron chi connectivity index (χ0n) is 38.4. The average molecular weight is 1000 g/mol. The summed E-state index contributed by atoms with van der Waals surface area (Å²) in [5.74, 6) is 2.01. The number of methoxy groups -OCH3 is 2. The van der Waals surface area contributed by atoms with E-state index in [1.165, 1.54) is 24.3 Å². The summed E-state index contributed by atoms with van der Waals surface area (Å²) in [5, 5.41) is 16.3. The number of rotatable bonds is 13. The lowest BCUT2D eigenvalue weighted by Crippen LogP contribution is -2.48.